The van der Waals surface area contributed by atoms with Gasteiger partial charge in [-0.25, -0.2) is 0 Å². The Balaban J connectivity index is 2.54. The molecule has 0 saturated carbocycles. The fraction of sp³-hybridized carbons (Fsp3) is 0.781. The highest BCUT2D eigenvalue weighted by Gasteiger charge is 2.44. The van der Waals surface area contributed by atoms with Crippen LogP contribution in [0, 0.1) is 0 Å². The molecule has 6 N–H and O–H groups in total. The van der Waals surface area contributed by atoms with Gasteiger partial charge in [-0.1, -0.05) is 88.8 Å². The maximum absolute atomic E-state index is 12.5. The number of ether oxygens (including phenoxy) is 2. The molecule has 1 saturated heterocycles. The third-order valence-electron chi connectivity index (χ3n) is 7.20. The molecule has 0 aromatic heterocycles. The van der Waals surface area contributed by atoms with Crippen LogP contribution in [0.15, 0.2) is 36.5 Å². The average molecular weight is 584 g/mol. The highest BCUT2D eigenvalue weighted by Crippen LogP contribution is 2.22. The smallest absolute Gasteiger partial charge is 0.220 e. The van der Waals surface area contributed by atoms with Crippen LogP contribution in [0.25, 0.3) is 0 Å². The second-order valence-corrected chi connectivity index (χ2v) is 10.9. The average Bonchev–Trinajstić information content (AvgIpc) is 2.97. The standard InChI is InChI=1S/C32H57NO8/c1-3-5-7-9-10-11-12-13-14-15-16-17-18-19-21-26(35)25(33-28(36)22-20-8-6-4-2)24-40-32-31(39)30(38)29(37)27(23-34)41-32/h11-12,15-16,19,21,25-27,29-32,34-35,37-39H,3-10,13-14,17-18,20,22-24H2,1-2H3,(H,33,36)/b12-11+,16-15+,21-19+. The van der Waals surface area contributed by atoms with E-state index in [4.69, 9.17) is 9.47 Å². The van der Waals surface area contributed by atoms with E-state index in [-0.39, 0.29) is 12.5 Å². The van der Waals surface area contributed by atoms with Crippen molar-refractivity contribution >= 4 is 5.91 Å². The highest BCUT2D eigenvalue weighted by atomic mass is 16.7. The van der Waals surface area contributed by atoms with Gasteiger partial charge in [0.25, 0.3) is 0 Å². The zero-order chi connectivity index (χ0) is 30.3. The van der Waals surface area contributed by atoms with Crippen molar-refractivity contribution < 1.29 is 39.8 Å². The van der Waals surface area contributed by atoms with Crippen LogP contribution in [0.5, 0.6) is 0 Å². The van der Waals surface area contributed by atoms with Gasteiger partial charge in [-0.05, 0) is 44.9 Å². The Kier molecular flexibility index (Phi) is 21.8. The van der Waals surface area contributed by atoms with Crippen molar-refractivity contribution in [3.05, 3.63) is 36.5 Å². The van der Waals surface area contributed by atoms with E-state index in [1.807, 2.05) is 6.08 Å². The number of hydrogen-bond acceptors (Lipinski definition) is 8. The monoisotopic (exact) mass is 583 g/mol. The Hall–Kier alpha value is -1.59. The molecule has 1 heterocycles. The van der Waals surface area contributed by atoms with Crippen LogP contribution < -0.4 is 5.32 Å². The molecule has 0 aromatic rings. The number of carbonyl (C=O) groups is 1. The number of rotatable bonds is 23. The number of unbranched alkanes of at least 4 members (excludes halogenated alkanes) is 9. The molecule has 238 valence electrons. The minimum atomic E-state index is -1.57. The van der Waals surface area contributed by atoms with Gasteiger partial charge in [0.05, 0.1) is 25.4 Å². The number of nitrogens with one attached hydrogen (secondary N) is 1. The summed E-state index contributed by atoms with van der Waals surface area (Å²) in [5, 5.41) is 53.2. The molecule has 1 fully saturated rings. The molecule has 9 nitrogen and oxygen atoms in total. The van der Waals surface area contributed by atoms with Gasteiger partial charge in [0.15, 0.2) is 6.29 Å². The number of allylic oxidation sites excluding steroid dienone is 5. The minimum Gasteiger partial charge on any atom is -0.394 e. The summed E-state index contributed by atoms with van der Waals surface area (Å²) in [6.07, 6.45) is 18.2. The molecule has 1 aliphatic heterocycles. The molecule has 0 radical (unpaired) electrons. The predicted molar refractivity (Wildman–Crippen MR) is 161 cm³/mol. The number of aliphatic hydroxyl groups excluding tert-OH is 5. The summed E-state index contributed by atoms with van der Waals surface area (Å²) >= 11 is 0. The molecule has 0 aromatic carbocycles. The van der Waals surface area contributed by atoms with Gasteiger partial charge < -0.3 is 40.3 Å². The Morgan fingerprint density at radius 2 is 1.39 bits per heavy atom. The van der Waals surface area contributed by atoms with Crippen molar-refractivity contribution in [1.29, 1.82) is 0 Å². The first-order valence-electron chi connectivity index (χ1n) is 15.7. The zero-order valence-electron chi connectivity index (χ0n) is 25.3. The van der Waals surface area contributed by atoms with Crippen molar-refractivity contribution in [2.75, 3.05) is 13.2 Å². The van der Waals surface area contributed by atoms with E-state index in [0.717, 1.165) is 57.8 Å². The SMILES string of the molecule is CCCCCC/C=C/CC/C=C/CC/C=C/C(O)C(COC1OC(CO)C(O)C(O)C1O)NC(=O)CCCCCC. The number of aliphatic hydroxyl groups is 5. The van der Waals surface area contributed by atoms with E-state index in [1.165, 1.54) is 25.7 Å². The van der Waals surface area contributed by atoms with Gasteiger partial charge in [0.1, 0.15) is 24.4 Å². The lowest BCUT2D eigenvalue weighted by atomic mass is 9.99. The lowest BCUT2D eigenvalue weighted by Gasteiger charge is -2.40. The van der Waals surface area contributed by atoms with E-state index < -0.39 is 49.5 Å². The van der Waals surface area contributed by atoms with E-state index in [1.54, 1.807) is 6.08 Å². The van der Waals surface area contributed by atoms with E-state index >= 15 is 0 Å². The maximum atomic E-state index is 12.5. The van der Waals surface area contributed by atoms with Gasteiger partial charge in [-0.15, -0.1) is 0 Å². The van der Waals surface area contributed by atoms with Gasteiger partial charge in [0, 0.05) is 6.42 Å². The lowest BCUT2D eigenvalue weighted by molar-refractivity contribution is -0.302. The van der Waals surface area contributed by atoms with Crippen LogP contribution in [0.2, 0.25) is 0 Å². The van der Waals surface area contributed by atoms with Crippen molar-refractivity contribution in [1.82, 2.24) is 5.32 Å². The molecule has 1 aliphatic rings. The van der Waals surface area contributed by atoms with Crippen LogP contribution in [0.1, 0.15) is 104 Å². The summed E-state index contributed by atoms with van der Waals surface area (Å²) in [5.74, 6) is -0.214. The summed E-state index contributed by atoms with van der Waals surface area (Å²) < 4.78 is 11.0. The normalized spacial score (nSPS) is 24.9. The van der Waals surface area contributed by atoms with Crippen LogP contribution >= 0.6 is 0 Å². The maximum Gasteiger partial charge on any atom is 0.220 e. The molecule has 0 bridgehead atoms. The zero-order valence-corrected chi connectivity index (χ0v) is 25.3. The third-order valence-corrected chi connectivity index (χ3v) is 7.20. The Labute approximate surface area is 247 Å². The van der Waals surface area contributed by atoms with Crippen LogP contribution in [0.4, 0.5) is 0 Å². The van der Waals surface area contributed by atoms with Gasteiger partial charge >= 0.3 is 0 Å². The van der Waals surface area contributed by atoms with Gasteiger partial charge in [-0.2, -0.15) is 0 Å². The van der Waals surface area contributed by atoms with Crippen LogP contribution in [-0.4, -0.2) is 87.5 Å². The van der Waals surface area contributed by atoms with Crippen LogP contribution in [0.3, 0.4) is 0 Å². The molecule has 9 heteroatoms. The van der Waals surface area contributed by atoms with Crippen molar-refractivity contribution in [2.45, 2.75) is 147 Å². The van der Waals surface area contributed by atoms with E-state index in [2.05, 4.69) is 43.5 Å². The summed E-state index contributed by atoms with van der Waals surface area (Å²) in [6, 6.07) is -0.818. The second kappa shape index (κ2) is 23.9. The first kappa shape index (κ1) is 37.4. The largest absolute Gasteiger partial charge is 0.394 e. The number of carbonyl (C=O) groups excluding carboxylic acids is 1. The molecule has 1 rings (SSSR count). The van der Waals surface area contributed by atoms with Crippen LogP contribution in [-0.2, 0) is 14.3 Å². The van der Waals surface area contributed by atoms with E-state index in [9.17, 15) is 30.3 Å². The minimum absolute atomic E-state index is 0.207. The van der Waals surface area contributed by atoms with Crippen molar-refractivity contribution in [2.24, 2.45) is 0 Å². The highest BCUT2D eigenvalue weighted by molar-refractivity contribution is 5.76. The molecular weight excluding hydrogens is 526 g/mol. The predicted octanol–water partition coefficient (Wildman–Crippen LogP) is 3.82. The van der Waals surface area contributed by atoms with Crippen molar-refractivity contribution in [3.8, 4) is 0 Å². The summed E-state index contributed by atoms with van der Waals surface area (Å²) in [7, 11) is 0. The lowest BCUT2D eigenvalue weighted by Crippen LogP contribution is -2.60. The second-order valence-electron chi connectivity index (χ2n) is 10.9. The quantitative estimate of drug-likeness (QED) is 0.0786. The Bertz CT molecular complexity index is 741. The van der Waals surface area contributed by atoms with Gasteiger partial charge in [-0.3, -0.25) is 4.79 Å². The Morgan fingerprint density at radius 1 is 0.805 bits per heavy atom. The summed E-state index contributed by atoms with van der Waals surface area (Å²) in [5.41, 5.74) is 0. The molecule has 7 atom stereocenters. The van der Waals surface area contributed by atoms with Gasteiger partial charge in [0.2, 0.25) is 5.91 Å². The molecule has 0 aliphatic carbocycles. The molecular formula is C32H57NO8. The number of hydrogen-bond donors (Lipinski definition) is 6. The molecule has 0 spiro atoms. The summed E-state index contributed by atoms with van der Waals surface area (Å²) in [4.78, 5) is 12.5. The Morgan fingerprint density at radius 3 is 2.00 bits per heavy atom. The van der Waals surface area contributed by atoms with Crippen molar-refractivity contribution in [3.63, 3.8) is 0 Å². The first-order valence-corrected chi connectivity index (χ1v) is 15.7. The van der Waals surface area contributed by atoms with E-state index in [0.29, 0.717) is 6.42 Å². The fourth-order valence-corrected chi connectivity index (χ4v) is 4.54. The first-order chi connectivity index (χ1) is 19.8. The summed E-state index contributed by atoms with van der Waals surface area (Å²) in [6.45, 7) is 3.54. The molecule has 7 unspecified atom stereocenters. The topological polar surface area (TPSA) is 149 Å². The molecule has 41 heavy (non-hydrogen) atoms. The third kappa shape index (κ3) is 16.6. The number of amides is 1. The fourth-order valence-electron chi connectivity index (χ4n) is 4.54. The molecule has 1 amide bonds.